The molecule has 0 radical (unpaired) electrons. The average Bonchev–Trinajstić information content (AvgIpc) is 2.52. The number of nitrogens with zero attached hydrogens (tertiary/aromatic N) is 4. The summed E-state index contributed by atoms with van der Waals surface area (Å²) in [5.74, 6) is 0.148. The third-order valence-electron chi connectivity index (χ3n) is 3.79. The summed E-state index contributed by atoms with van der Waals surface area (Å²) in [6, 6.07) is 7.01. The standard InChI is InChI=1S/C15H16N4O3/c1-3-4-9-18-10-7-5-6-8-11(10)19(22)12-13(18)16-15(21)17(2)14(12)20/h5-8H,3-4,9H2,1-2H3. The summed E-state index contributed by atoms with van der Waals surface area (Å²) in [4.78, 5) is 28.1. The largest absolute Gasteiger partial charge is 0.618 e. The number of fused-ring (bicyclic) bond motifs is 2. The van der Waals surface area contributed by atoms with Gasteiger partial charge in [0.05, 0.1) is 0 Å². The van der Waals surface area contributed by atoms with Crippen LogP contribution in [0.5, 0.6) is 0 Å². The second-order valence-corrected chi connectivity index (χ2v) is 5.22. The second kappa shape index (κ2) is 5.25. The molecule has 114 valence electrons. The number of aryl methyl sites for hydroxylation is 1. The van der Waals surface area contributed by atoms with Crippen molar-refractivity contribution in [2.24, 2.45) is 7.05 Å². The second-order valence-electron chi connectivity index (χ2n) is 5.22. The predicted molar refractivity (Wildman–Crippen MR) is 81.7 cm³/mol. The maximum absolute atomic E-state index is 12.5. The van der Waals surface area contributed by atoms with E-state index in [4.69, 9.17) is 0 Å². The Morgan fingerprint density at radius 3 is 2.73 bits per heavy atom. The van der Waals surface area contributed by atoms with E-state index in [9.17, 15) is 14.8 Å². The zero-order valence-corrected chi connectivity index (χ0v) is 12.4. The Kier molecular flexibility index (Phi) is 3.40. The third-order valence-corrected chi connectivity index (χ3v) is 3.79. The molecule has 0 bridgehead atoms. The van der Waals surface area contributed by atoms with Gasteiger partial charge < -0.3 is 9.77 Å². The van der Waals surface area contributed by atoms with Gasteiger partial charge in [-0.3, -0.25) is 9.36 Å². The molecule has 0 unspecified atom stereocenters. The highest BCUT2D eigenvalue weighted by Gasteiger charge is 2.28. The summed E-state index contributed by atoms with van der Waals surface area (Å²) in [5, 5.41) is 12.5. The van der Waals surface area contributed by atoms with Gasteiger partial charge in [0.2, 0.25) is 11.3 Å². The first-order valence-corrected chi connectivity index (χ1v) is 7.18. The van der Waals surface area contributed by atoms with Gasteiger partial charge in [0, 0.05) is 19.7 Å². The molecule has 2 heterocycles. The lowest BCUT2D eigenvalue weighted by molar-refractivity contribution is -0.567. The van der Waals surface area contributed by atoms with Gasteiger partial charge in [-0.25, -0.2) is 4.79 Å². The van der Waals surface area contributed by atoms with Crippen LogP contribution in [-0.2, 0) is 13.6 Å². The van der Waals surface area contributed by atoms with E-state index in [2.05, 4.69) is 4.98 Å². The number of unbranched alkanes of at least 4 members (excludes halogenated alkanes) is 1. The van der Waals surface area contributed by atoms with Crippen LogP contribution in [0.3, 0.4) is 0 Å². The van der Waals surface area contributed by atoms with E-state index in [0.717, 1.165) is 17.4 Å². The molecule has 2 aliphatic rings. The number of aromatic nitrogens is 4. The molecule has 0 fully saturated rings. The molecular weight excluding hydrogens is 284 g/mol. The number of para-hydroxylation sites is 2. The van der Waals surface area contributed by atoms with Crippen LogP contribution in [0.2, 0.25) is 0 Å². The highest BCUT2D eigenvalue weighted by atomic mass is 16.5. The van der Waals surface area contributed by atoms with Crippen LogP contribution < -0.4 is 16.0 Å². The average molecular weight is 300 g/mol. The first-order chi connectivity index (χ1) is 10.6. The molecule has 3 rings (SSSR count). The quantitative estimate of drug-likeness (QED) is 0.403. The maximum atomic E-state index is 12.5. The minimum atomic E-state index is -0.655. The molecule has 0 aromatic heterocycles. The molecule has 0 N–H and O–H groups in total. The normalized spacial score (nSPS) is 11.4. The van der Waals surface area contributed by atoms with Gasteiger partial charge in [0.25, 0.3) is 0 Å². The van der Waals surface area contributed by atoms with Crippen molar-refractivity contribution in [3.8, 4) is 11.5 Å². The summed E-state index contributed by atoms with van der Waals surface area (Å²) in [6.45, 7) is 2.64. The zero-order chi connectivity index (χ0) is 15.9. The van der Waals surface area contributed by atoms with Crippen molar-refractivity contribution in [2.75, 3.05) is 0 Å². The molecule has 7 nitrogen and oxygen atoms in total. The van der Waals surface area contributed by atoms with Crippen LogP contribution in [0.4, 0.5) is 0 Å². The smallest absolute Gasteiger partial charge is 0.352 e. The van der Waals surface area contributed by atoms with Gasteiger partial charge in [-0.15, -0.1) is 0 Å². The van der Waals surface area contributed by atoms with Crippen molar-refractivity contribution in [3.63, 3.8) is 0 Å². The molecule has 0 amide bonds. The maximum Gasteiger partial charge on any atom is 0.352 e. The summed E-state index contributed by atoms with van der Waals surface area (Å²) < 4.78 is 3.21. The number of hydrogen-bond donors (Lipinski definition) is 0. The monoisotopic (exact) mass is 300 g/mol. The van der Waals surface area contributed by atoms with E-state index < -0.39 is 11.2 Å². The van der Waals surface area contributed by atoms with Crippen LogP contribution in [0.15, 0.2) is 33.9 Å². The van der Waals surface area contributed by atoms with Gasteiger partial charge in [-0.05, 0) is 12.5 Å². The molecule has 1 aromatic carbocycles. The molecule has 7 heteroatoms. The Balaban J connectivity index is 2.54. The van der Waals surface area contributed by atoms with E-state index in [1.54, 1.807) is 22.8 Å². The Morgan fingerprint density at radius 1 is 1.27 bits per heavy atom. The Hall–Kier alpha value is -2.70. The highest BCUT2D eigenvalue weighted by Crippen LogP contribution is 2.19. The molecule has 2 aliphatic heterocycles. The van der Waals surface area contributed by atoms with E-state index in [1.165, 1.54) is 7.05 Å². The molecule has 1 aromatic rings. The van der Waals surface area contributed by atoms with Crippen molar-refractivity contribution >= 4 is 11.0 Å². The number of hydrogen-bond acceptors (Lipinski definition) is 4. The lowest BCUT2D eigenvalue weighted by Crippen LogP contribution is -2.46. The Labute approximate surface area is 126 Å². The van der Waals surface area contributed by atoms with Crippen molar-refractivity contribution in [3.05, 3.63) is 50.3 Å². The molecule has 0 saturated carbocycles. The molecule has 0 spiro atoms. The van der Waals surface area contributed by atoms with Gasteiger partial charge >= 0.3 is 16.9 Å². The summed E-state index contributed by atoms with van der Waals surface area (Å²) in [6.07, 6.45) is 1.81. The molecular formula is C15H16N4O3. The molecule has 0 saturated heterocycles. The van der Waals surface area contributed by atoms with Crippen molar-refractivity contribution in [1.82, 2.24) is 14.1 Å². The fourth-order valence-corrected chi connectivity index (χ4v) is 2.57. The summed E-state index contributed by atoms with van der Waals surface area (Å²) in [7, 11) is 1.32. The van der Waals surface area contributed by atoms with Crippen LogP contribution in [0, 0.1) is 5.21 Å². The van der Waals surface area contributed by atoms with Crippen molar-refractivity contribution in [2.45, 2.75) is 26.3 Å². The first-order valence-electron chi connectivity index (χ1n) is 7.18. The van der Waals surface area contributed by atoms with Crippen LogP contribution in [0.25, 0.3) is 22.6 Å². The van der Waals surface area contributed by atoms with E-state index in [-0.39, 0.29) is 11.5 Å². The van der Waals surface area contributed by atoms with E-state index in [0.29, 0.717) is 22.3 Å². The van der Waals surface area contributed by atoms with Gasteiger partial charge in [-0.1, -0.05) is 25.5 Å². The number of rotatable bonds is 3. The lowest BCUT2D eigenvalue weighted by Gasteiger charge is -2.17. The fraction of sp³-hybridized carbons (Fsp3) is 0.333. The van der Waals surface area contributed by atoms with E-state index in [1.807, 2.05) is 13.0 Å². The molecule has 22 heavy (non-hydrogen) atoms. The summed E-state index contributed by atoms with van der Waals surface area (Å²) in [5.41, 5.74) is -0.321. The molecule has 0 atom stereocenters. The Morgan fingerprint density at radius 2 is 2.00 bits per heavy atom. The topological polar surface area (TPSA) is 83.8 Å². The first kappa shape index (κ1) is 14.2. The highest BCUT2D eigenvalue weighted by molar-refractivity contribution is 5.75. The fourth-order valence-electron chi connectivity index (χ4n) is 2.57. The SMILES string of the molecule is CCCCn1c2nc(=O)n(C)c(=O)c-2[n+]([O-])c2ccccc21. The number of benzene rings is 1. The predicted octanol–water partition coefficient (Wildman–Crippen LogP) is 0.633. The van der Waals surface area contributed by atoms with E-state index >= 15 is 0 Å². The zero-order valence-electron chi connectivity index (χ0n) is 12.4. The van der Waals surface area contributed by atoms with Crippen LogP contribution >= 0.6 is 0 Å². The van der Waals surface area contributed by atoms with Crippen LogP contribution in [-0.4, -0.2) is 14.1 Å². The summed E-state index contributed by atoms with van der Waals surface area (Å²) >= 11 is 0. The van der Waals surface area contributed by atoms with Crippen LogP contribution in [0.1, 0.15) is 19.8 Å². The minimum absolute atomic E-state index is 0.100. The Bertz CT molecular complexity index is 942. The van der Waals surface area contributed by atoms with Crippen molar-refractivity contribution < 1.29 is 4.73 Å². The van der Waals surface area contributed by atoms with Gasteiger partial charge in [0.1, 0.15) is 5.52 Å². The lowest BCUT2D eigenvalue weighted by atomic mass is 10.2. The minimum Gasteiger partial charge on any atom is -0.618 e. The van der Waals surface area contributed by atoms with Crippen molar-refractivity contribution in [1.29, 1.82) is 0 Å². The van der Waals surface area contributed by atoms with Gasteiger partial charge in [0.15, 0.2) is 0 Å². The molecule has 0 aliphatic carbocycles. The third kappa shape index (κ3) is 1.97. The van der Waals surface area contributed by atoms with Gasteiger partial charge in [-0.2, -0.15) is 9.71 Å².